The Labute approximate surface area is 136 Å². The molecule has 1 amide bonds. The molecule has 0 saturated carbocycles. The first-order valence-corrected chi connectivity index (χ1v) is 7.90. The first-order chi connectivity index (χ1) is 11.1. The van der Waals surface area contributed by atoms with Crippen LogP contribution in [0.25, 0.3) is 0 Å². The molecule has 1 aromatic heterocycles. The van der Waals surface area contributed by atoms with E-state index in [0.717, 1.165) is 23.8 Å². The molecule has 6 nitrogen and oxygen atoms in total. The number of methoxy groups -OCH3 is 1. The summed E-state index contributed by atoms with van der Waals surface area (Å²) >= 11 is 0. The van der Waals surface area contributed by atoms with Crippen molar-refractivity contribution in [3.05, 3.63) is 47.5 Å². The number of hydrogen-bond acceptors (Lipinski definition) is 4. The summed E-state index contributed by atoms with van der Waals surface area (Å²) in [4.78, 5) is 14.6. The van der Waals surface area contributed by atoms with Crippen molar-refractivity contribution in [3.63, 3.8) is 0 Å². The third-order valence-corrected chi connectivity index (χ3v) is 4.17. The van der Waals surface area contributed by atoms with Crippen LogP contribution < -0.4 is 0 Å². The van der Waals surface area contributed by atoms with E-state index in [0.29, 0.717) is 19.0 Å². The Bertz CT molecular complexity index is 681. The normalized spacial score (nSPS) is 15.6. The van der Waals surface area contributed by atoms with Crippen molar-refractivity contribution < 1.29 is 9.53 Å². The minimum absolute atomic E-state index is 0.0287. The second kappa shape index (κ2) is 6.50. The Balaban J connectivity index is 1.78. The molecule has 1 aliphatic heterocycles. The highest BCUT2D eigenvalue weighted by molar-refractivity contribution is 5.82. The van der Waals surface area contributed by atoms with E-state index >= 15 is 0 Å². The molecule has 122 valence electrons. The molecule has 0 N–H and O–H groups in total. The van der Waals surface area contributed by atoms with Crippen LogP contribution in [0.1, 0.15) is 43.1 Å². The number of nitrogens with zero attached hydrogens (tertiary/aromatic N) is 4. The standard InChI is InChI=1S/C17H22N4O2/c1-12(2)16-19-18-14-11-20(9-10-21(14)16)17(22)15(23-3)13-7-5-4-6-8-13/h4-8,12,15H,9-11H2,1-3H3/t15-/m1/s1. The molecule has 0 radical (unpaired) electrons. The zero-order valence-electron chi connectivity index (χ0n) is 13.8. The maximum absolute atomic E-state index is 12.8. The average molecular weight is 314 g/mol. The van der Waals surface area contributed by atoms with Crippen LogP contribution in [-0.2, 0) is 22.6 Å². The van der Waals surface area contributed by atoms with Crippen molar-refractivity contribution >= 4 is 5.91 Å². The number of rotatable bonds is 4. The minimum atomic E-state index is -0.574. The molecule has 1 aliphatic rings. The predicted octanol–water partition coefficient (Wildman–Crippen LogP) is 2.13. The van der Waals surface area contributed by atoms with E-state index in [1.807, 2.05) is 30.3 Å². The fraction of sp³-hybridized carbons (Fsp3) is 0.471. The largest absolute Gasteiger partial charge is 0.367 e. The lowest BCUT2D eigenvalue weighted by atomic mass is 10.1. The number of benzene rings is 1. The Morgan fingerprint density at radius 1 is 1.17 bits per heavy atom. The lowest BCUT2D eigenvalue weighted by Gasteiger charge is -2.31. The molecule has 0 spiro atoms. The lowest BCUT2D eigenvalue weighted by molar-refractivity contribution is -0.144. The van der Waals surface area contributed by atoms with Gasteiger partial charge in [-0.05, 0) is 5.56 Å². The van der Waals surface area contributed by atoms with E-state index in [1.54, 1.807) is 12.0 Å². The number of ether oxygens (including phenoxy) is 1. The molecule has 0 aliphatic carbocycles. The maximum Gasteiger partial charge on any atom is 0.256 e. The molecule has 0 unspecified atom stereocenters. The second-order valence-corrected chi connectivity index (χ2v) is 6.07. The van der Waals surface area contributed by atoms with Gasteiger partial charge >= 0.3 is 0 Å². The van der Waals surface area contributed by atoms with Gasteiger partial charge in [0.2, 0.25) is 0 Å². The maximum atomic E-state index is 12.8. The quantitative estimate of drug-likeness (QED) is 0.867. The highest BCUT2D eigenvalue weighted by Gasteiger charge is 2.30. The van der Waals surface area contributed by atoms with Gasteiger partial charge in [-0.3, -0.25) is 4.79 Å². The summed E-state index contributed by atoms with van der Waals surface area (Å²) in [6.07, 6.45) is -0.574. The first-order valence-electron chi connectivity index (χ1n) is 7.90. The van der Waals surface area contributed by atoms with E-state index in [4.69, 9.17) is 4.74 Å². The Morgan fingerprint density at radius 3 is 2.57 bits per heavy atom. The monoisotopic (exact) mass is 314 g/mol. The fourth-order valence-electron chi connectivity index (χ4n) is 2.97. The van der Waals surface area contributed by atoms with Crippen LogP contribution in [0.4, 0.5) is 0 Å². The van der Waals surface area contributed by atoms with Gasteiger partial charge in [0.15, 0.2) is 11.9 Å². The van der Waals surface area contributed by atoms with E-state index in [2.05, 4.69) is 28.6 Å². The number of amides is 1. The molecule has 2 aromatic rings. The number of carbonyl (C=O) groups excluding carboxylic acids is 1. The van der Waals surface area contributed by atoms with Crippen LogP contribution >= 0.6 is 0 Å². The minimum Gasteiger partial charge on any atom is -0.367 e. The lowest BCUT2D eigenvalue weighted by Crippen LogP contribution is -2.41. The summed E-state index contributed by atoms with van der Waals surface area (Å²) in [5.41, 5.74) is 0.870. The number of fused-ring (bicyclic) bond motifs is 1. The molecule has 0 saturated heterocycles. The summed E-state index contributed by atoms with van der Waals surface area (Å²) < 4.78 is 7.57. The van der Waals surface area contributed by atoms with E-state index in [-0.39, 0.29) is 5.91 Å². The molecule has 6 heteroatoms. The smallest absolute Gasteiger partial charge is 0.256 e. The summed E-state index contributed by atoms with van der Waals surface area (Å²) in [5.74, 6) is 2.13. The first kappa shape index (κ1) is 15.7. The predicted molar refractivity (Wildman–Crippen MR) is 85.7 cm³/mol. The van der Waals surface area contributed by atoms with Crippen molar-refractivity contribution in [1.29, 1.82) is 0 Å². The van der Waals surface area contributed by atoms with Gasteiger partial charge in [0, 0.05) is 26.1 Å². The van der Waals surface area contributed by atoms with Gasteiger partial charge in [-0.15, -0.1) is 10.2 Å². The van der Waals surface area contributed by atoms with E-state index in [9.17, 15) is 4.79 Å². The van der Waals surface area contributed by atoms with Crippen LogP contribution in [0.15, 0.2) is 30.3 Å². The Morgan fingerprint density at radius 2 is 1.91 bits per heavy atom. The van der Waals surface area contributed by atoms with Crippen molar-refractivity contribution in [3.8, 4) is 0 Å². The van der Waals surface area contributed by atoms with Crippen molar-refractivity contribution in [2.45, 2.75) is 39.0 Å². The molecule has 1 aromatic carbocycles. The fourth-order valence-corrected chi connectivity index (χ4v) is 2.97. The van der Waals surface area contributed by atoms with Gasteiger partial charge in [-0.1, -0.05) is 44.2 Å². The van der Waals surface area contributed by atoms with Crippen molar-refractivity contribution in [1.82, 2.24) is 19.7 Å². The number of hydrogen-bond donors (Lipinski definition) is 0. The Hall–Kier alpha value is -2.21. The molecule has 0 bridgehead atoms. The summed E-state index contributed by atoms with van der Waals surface area (Å²) in [7, 11) is 1.57. The third-order valence-electron chi connectivity index (χ3n) is 4.17. The molecule has 23 heavy (non-hydrogen) atoms. The second-order valence-electron chi connectivity index (χ2n) is 6.07. The topological polar surface area (TPSA) is 60.2 Å². The van der Waals surface area contributed by atoms with E-state index < -0.39 is 6.10 Å². The highest BCUT2D eigenvalue weighted by atomic mass is 16.5. The van der Waals surface area contributed by atoms with Crippen LogP contribution in [0.5, 0.6) is 0 Å². The molecule has 1 atom stereocenters. The zero-order valence-corrected chi connectivity index (χ0v) is 13.8. The van der Waals surface area contributed by atoms with Crippen LogP contribution in [-0.4, -0.2) is 39.2 Å². The third kappa shape index (κ3) is 2.99. The molecular weight excluding hydrogens is 292 g/mol. The summed E-state index contributed by atoms with van der Waals surface area (Å²) in [6, 6.07) is 9.58. The average Bonchev–Trinajstić information content (AvgIpc) is 2.99. The van der Waals surface area contributed by atoms with Gasteiger partial charge in [0.05, 0.1) is 6.54 Å². The van der Waals surface area contributed by atoms with Gasteiger partial charge in [0.25, 0.3) is 5.91 Å². The molecule has 3 rings (SSSR count). The zero-order chi connectivity index (χ0) is 16.4. The summed E-state index contributed by atoms with van der Waals surface area (Å²) in [5, 5.41) is 8.50. The van der Waals surface area contributed by atoms with Gasteiger partial charge < -0.3 is 14.2 Å². The van der Waals surface area contributed by atoms with Gasteiger partial charge in [0.1, 0.15) is 5.82 Å². The van der Waals surface area contributed by atoms with E-state index in [1.165, 1.54) is 0 Å². The van der Waals surface area contributed by atoms with Crippen molar-refractivity contribution in [2.24, 2.45) is 0 Å². The Kier molecular flexibility index (Phi) is 4.43. The summed E-state index contributed by atoms with van der Waals surface area (Å²) in [6.45, 7) is 6.06. The molecular formula is C17H22N4O2. The highest BCUT2D eigenvalue weighted by Crippen LogP contribution is 2.23. The van der Waals surface area contributed by atoms with Crippen LogP contribution in [0, 0.1) is 0 Å². The SMILES string of the molecule is CO[C@@H](C(=O)N1CCn2c(nnc2C(C)C)C1)c1ccccc1. The van der Waals surface area contributed by atoms with Crippen LogP contribution in [0.3, 0.4) is 0 Å². The number of aromatic nitrogens is 3. The molecule has 0 fully saturated rings. The molecule has 2 heterocycles. The van der Waals surface area contributed by atoms with Crippen LogP contribution in [0.2, 0.25) is 0 Å². The number of carbonyl (C=O) groups is 1. The van der Waals surface area contributed by atoms with Gasteiger partial charge in [-0.2, -0.15) is 0 Å². The van der Waals surface area contributed by atoms with Crippen molar-refractivity contribution in [2.75, 3.05) is 13.7 Å². The van der Waals surface area contributed by atoms with Gasteiger partial charge in [-0.25, -0.2) is 0 Å².